The lowest BCUT2D eigenvalue weighted by Crippen LogP contribution is -2.45. The molecule has 1 heterocycles. The fourth-order valence-corrected chi connectivity index (χ4v) is 2.46. The van der Waals surface area contributed by atoms with Gasteiger partial charge < -0.3 is 15.5 Å². The molecule has 1 rings (SSSR count). The summed E-state index contributed by atoms with van der Waals surface area (Å²) >= 11 is 4.13. The summed E-state index contributed by atoms with van der Waals surface area (Å²) in [6, 6.07) is 1.36. The first kappa shape index (κ1) is 14.3. The number of hydrogen-bond donors (Lipinski definition) is 3. The van der Waals surface area contributed by atoms with Crippen molar-refractivity contribution in [2.45, 2.75) is 45.2 Å². The van der Waals surface area contributed by atoms with Crippen LogP contribution in [0.2, 0.25) is 0 Å². The Kier molecular flexibility index (Phi) is 7.45. The van der Waals surface area contributed by atoms with Gasteiger partial charge in [0.05, 0.1) is 0 Å². The molecule has 0 aromatic heterocycles. The molecule has 96 valence electrons. The smallest absolute Gasteiger partial charge is 0.0387 e. The van der Waals surface area contributed by atoms with Gasteiger partial charge in [-0.1, -0.05) is 13.8 Å². The summed E-state index contributed by atoms with van der Waals surface area (Å²) in [6.45, 7) is 9.30. The summed E-state index contributed by atoms with van der Waals surface area (Å²) in [5, 5.41) is 6.88. The van der Waals surface area contributed by atoms with Gasteiger partial charge in [-0.2, -0.15) is 12.6 Å². The Morgan fingerprint density at radius 2 is 2.00 bits per heavy atom. The number of piperidine rings is 1. The minimum atomic E-state index is 0.621. The van der Waals surface area contributed by atoms with Gasteiger partial charge in [0.2, 0.25) is 0 Å². The first-order valence-electron chi connectivity index (χ1n) is 6.52. The number of thiol groups is 1. The number of rotatable bonds is 7. The molecule has 1 saturated heterocycles. The average Bonchev–Trinajstić information content (AvgIpc) is 2.26. The molecule has 0 aromatic carbocycles. The van der Waals surface area contributed by atoms with E-state index in [1.54, 1.807) is 0 Å². The van der Waals surface area contributed by atoms with E-state index in [1.807, 2.05) is 0 Å². The molecule has 16 heavy (non-hydrogen) atoms. The van der Waals surface area contributed by atoms with Crippen LogP contribution in [0.1, 0.15) is 33.1 Å². The van der Waals surface area contributed by atoms with Gasteiger partial charge in [0.15, 0.2) is 0 Å². The molecular formula is C12H27N3S. The second-order valence-electron chi connectivity index (χ2n) is 4.95. The Morgan fingerprint density at radius 3 is 2.56 bits per heavy atom. The highest BCUT2D eigenvalue weighted by Crippen LogP contribution is 2.10. The lowest BCUT2D eigenvalue weighted by atomic mass is 10.0. The van der Waals surface area contributed by atoms with Gasteiger partial charge in [-0.25, -0.2) is 0 Å². The Bertz CT molecular complexity index is 168. The molecule has 1 aliphatic rings. The highest BCUT2D eigenvalue weighted by molar-refractivity contribution is 7.80. The Balaban J connectivity index is 2.03. The molecule has 0 aromatic rings. The van der Waals surface area contributed by atoms with Crippen LogP contribution in [0.25, 0.3) is 0 Å². The first-order valence-corrected chi connectivity index (χ1v) is 7.15. The van der Waals surface area contributed by atoms with Crippen molar-refractivity contribution in [3.05, 3.63) is 0 Å². The second kappa shape index (κ2) is 8.34. The summed E-state index contributed by atoms with van der Waals surface area (Å²) in [4.78, 5) is 2.58. The predicted octanol–water partition coefficient (Wildman–Crippen LogP) is 1.32. The molecule has 3 nitrogen and oxygen atoms in total. The quantitative estimate of drug-likeness (QED) is 0.359. The van der Waals surface area contributed by atoms with Crippen LogP contribution in [-0.4, -0.2) is 49.0 Å². The van der Waals surface area contributed by atoms with E-state index in [0.29, 0.717) is 6.04 Å². The maximum Gasteiger partial charge on any atom is 0.0387 e. The fourth-order valence-electron chi connectivity index (χ4n) is 2.30. The van der Waals surface area contributed by atoms with Crippen LogP contribution in [-0.2, 0) is 0 Å². The molecule has 0 spiro atoms. The zero-order valence-corrected chi connectivity index (χ0v) is 11.6. The molecule has 0 saturated carbocycles. The topological polar surface area (TPSA) is 27.3 Å². The van der Waals surface area contributed by atoms with Crippen molar-refractivity contribution in [2.24, 2.45) is 0 Å². The lowest BCUT2D eigenvalue weighted by Gasteiger charge is -2.33. The number of nitrogens with one attached hydrogen (secondary N) is 2. The molecule has 4 heteroatoms. The minimum Gasteiger partial charge on any atom is -0.312 e. The molecule has 0 unspecified atom stereocenters. The molecule has 0 amide bonds. The second-order valence-corrected chi connectivity index (χ2v) is 5.27. The Labute approximate surface area is 106 Å². The van der Waals surface area contributed by atoms with Crippen LogP contribution in [0.3, 0.4) is 0 Å². The SMILES string of the molecule is CC(C)NC1CCN(CCCNCS)CC1. The van der Waals surface area contributed by atoms with E-state index in [2.05, 4.69) is 42.0 Å². The van der Waals surface area contributed by atoms with E-state index in [1.165, 1.54) is 38.9 Å². The lowest BCUT2D eigenvalue weighted by molar-refractivity contribution is 0.191. The van der Waals surface area contributed by atoms with Gasteiger partial charge in [0.1, 0.15) is 0 Å². The van der Waals surface area contributed by atoms with Crippen molar-refractivity contribution in [1.29, 1.82) is 0 Å². The zero-order chi connectivity index (χ0) is 11.8. The van der Waals surface area contributed by atoms with Crippen molar-refractivity contribution < 1.29 is 0 Å². The molecule has 0 bridgehead atoms. The number of likely N-dealkylation sites (tertiary alicyclic amines) is 1. The van der Waals surface area contributed by atoms with Crippen molar-refractivity contribution >= 4 is 12.6 Å². The number of hydrogen-bond acceptors (Lipinski definition) is 4. The van der Waals surface area contributed by atoms with Gasteiger partial charge in [-0.3, -0.25) is 0 Å². The zero-order valence-electron chi connectivity index (χ0n) is 10.7. The standard InChI is InChI=1S/C12H27N3S/c1-11(2)14-12-4-8-15(9-5-12)7-3-6-13-10-16/h11-14,16H,3-10H2,1-2H3. The van der Waals surface area contributed by atoms with Crippen molar-refractivity contribution in [3.8, 4) is 0 Å². The van der Waals surface area contributed by atoms with E-state index >= 15 is 0 Å². The third kappa shape index (κ3) is 6.09. The van der Waals surface area contributed by atoms with Crippen molar-refractivity contribution in [1.82, 2.24) is 15.5 Å². The molecule has 1 aliphatic heterocycles. The van der Waals surface area contributed by atoms with Crippen LogP contribution < -0.4 is 10.6 Å². The van der Waals surface area contributed by atoms with Crippen molar-refractivity contribution in [3.63, 3.8) is 0 Å². The van der Waals surface area contributed by atoms with Gasteiger partial charge in [-0.15, -0.1) is 0 Å². The van der Waals surface area contributed by atoms with Crippen LogP contribution in [0.15, 0.2) is 0 Å². The highest BCUT2D eigenvalue weighted by atomic mass is 32.1. The summed E-state index contributed by atoms with van der Waals surface area (Å²) < 4.78 is 0. The normalized spacial score (nSPS) is 19.5. The summed E-state index contributed by atoms with van der Waals surface area (Å²) in [6.07, 6.45) is 3.85. The molecular weight excluding hydrogens is 218 g/mol. The fraction of sp³-hybridized carbons (Fsp3) is 1.00. The van der Waals surface area contributed by atoms with Crippen molar-refractivity contribution in [2.75, 3.05) is 32.1 Å². The molecule has 1 fully saturated rings. The molecule has 0 aliphatic carbocycles. The van der Waals surface area contributed by atoms with E-state index < -0.39 is 0 Å². The minimum absolute atomic E-state index is 0.621. The largest absolute Gasteiger partial charge is 0.312 e. The van der Waals surface area contributed by atoms with Gasteiger partial charge in [0, 0.05) is 18.0 Å². The van der Waals surface area contributed by atoms with Crippen LogP contribution in [0.5, 0.6) is 0 Å². The number of nitrogens with zero attached hydrogens (tertiary/aromatic N) is 1. The third-order valence-electron chi connectivity index (χ3n) is 3.10. The molecule has 0 radical (unpaired) electrons. The summed E-state index contributed by atoms with van der Waals surface area (Å²) in [5.74, 6) is 0.792. The predicted molar refractivity (Wildman–Crippen MR) is 74.2 cm³/mol. The average molecular weight is 245 g/mol. The Morgan fingerprint density at radius 1 is 1.31 bits per heavy atom. The monoisotopic (exact) mass is 245 g/mol. The van der Waals surface area contributed by atoms with Crippen LogP contribution in [0, 0.1) is 0 Å². The summed E-state index contributed by atoms with van der Waals surface area (Å²) in [7, 11) is 0. The maximum atomic E-state index is 4.13. The Hall–Kier alpha value is 0.230. The van der Waals surface area contributed by atoms with Gasteiger partial charge in [0.25, 0.3) is 0 Å². The van der Waals surface area contributed by atoms with E-state index in [-0.39, 0.29) is 0 Å². The third-order valence-corrected chi connectivity index (χ3v) is 3.32. The maximum absolute atomic E-state index is 4.13. The van der Waals surface area contributed by atoms with E-state index in [0.717, 1.165) is 18.5 Å². The van der Waals surface area contributed by atoms with Gasteiger partial charge in [-0.05, 0) is 45.4 Å². The highest BCUT2D eigenvalue weighted by Gasteiger charge is 2.18. The van der Waals surface area contributed by atoms with E-state index in [9.17, 15) is 0 Å². The van der Waals surface area contributed by atoms with E-state index in [4.69, 9.17) is 0 Å². The molecule has 2 N–H and O–H groups in total. The molecule has 0 atom stereocenters. The van der Waals surface area contributed by atoms with Crippen LogP contribution in [0.4, 0.5) is 0 Å². The van der Waals surface area contributed by atoms with Crippen LogP contribution >= 0.6 is 12.6 Å². The van der Waals surface area contributed by atoms with Gasteiger partial charge >= 0.3 is 0 Å². The first-order chi connectivity index (χ1) is 7.72. The summed E-state index contributed by atoms with van der Waals surface area (Å²) in [5.41, 5.74) is 0.